The molecule has 0 bridgehead atoms. The molecule has 0 radical (unpaired) electrons. The van der Waals surface area contributed by atoms with E-state index in [2.05, 4.69) is 35.8 Å². The van der Waals surface area contributed by atoms with Gasteiger partial charge in [0.2, 0.25) is 0 Å². The molecule has 15 heavy (non-hydrogen) atoms. The Morgan fingerprint density at radius 3 is 3.00 bits per heavy atom. The molecule has 2 nitrogen and oxygen atoms in total. The molecule has 1 saturated carbocycles. The lowest BCUT2D eigenvalue weighted by Crippen LogP contribution is -2.26. The second-order valence-electron chi connectivity index (χ2n) is 4.45. The number of nitriles is 1. The Bertz CT molecular complexity index is 346. The fraction of sp³-hybridized carbons (Fsp3) is 0.583. The molecule has 3 heteroatoms. The van der Waals surface area contributed by atoms with Crippen LogP contribution in [0.25, 0.3) is 0 Å². The van der Waals surface area contributed by atoms with Gasteiger partial charge in [-0.1, -0.05) is 6.07 Å². The van der Waals surface area contributed by atoms with E-state index in [-0.39, 0.29) is 0 Å². The van der Waals surface area contributed by atoms with Gasteiger partial charge in [-0.25, -0.2) is 0 Å². The van der Waals surface area contributed by atoms with Crippen LogP contribution in [0.1, 0.15) is 37.1 Å². The van der Waals surface area contributed by atoms with Crippen molar-refractivity contribution < 1.29 is 0 Å². The van der Waals surface area contributed by atoms with Gasteiger partial charge in [-0.15, -0.1) is 11.3 Å². The Labute approximate surface area is 94.9 Å². The minimum atomic E-state index is 0.306. The third kappa shape index (κ3) is 2.58. The minimum Gasteiger partial charge on any atom is -0.309 e. The number of rotatable bonds is 5. The molecule has 1 N–H and O–H groups in total. The van der Waals surface area contributed by atoms with Crippen molar-refractivity contribution in [2.75, 3.05) is 6.54 Å². The van der Waals surface area contributed by atoms with Gasteiger partial charge in [-0.05, 0) is 36.6 Å². The maximum Gasteiger partial charge on any atom is 0.0628 e. The van der Waals surface area contributed by atoms with E-state index in [1.165, 1.54) is 17.7 Å². The first-order chi connectivity index (χ1) is 7.26. The Morgan fingerprint density at radius 1 is 1.67 bits per heavy atom. The molecule has 0 unspecified atom stereocenters. The topological polar surface area (TPSA) is 35.8 Å². The van der Waals surface area contributed by atoms with Crippen molar-refractivity contribution in [3.05, 3.63) is 22.4 Å². The maximum absolute atomic E-state index is 8.72. The summed E-state index contributed by atoms with van der Waals surface area (Å²) >= 11 is 1.79. The highest BCUT2D eigenvalue weighted by atomic mass is 32.1. The monoisotopic (exact) mass is 220 g/mol. The van der Waals surface area contributed by atoms with E-state index >= 15 is 0 Å². The molecule has 0 amide bonds. The van der Waals surface area contributed by atoms with E-state index in [1.807, 2.05) is 0 Å². The van der Waals surface area contributed by atoms with Gasteiger partial charge >= 0.3 is 0 Å². The SMILES string of the molecule is C[C@H](NCC1(CC#N)CC1)c1cccs1. The summed E-state index contributed by atoms with van der Waals surface area (Å²) in [6.45, 7) is 3.17. The first kappa shape index (κ1) is 10.7. The standard InChI is InChI=1S/C12H16N2S/c1-10(11-3-2-8-15-11)14-9-12(4-5-12)6-7-13/h2-3,8,10,14H,4-6,9H2,1H3/t10-/m0/s1. The highest BCUT2D eigenvalue weighted by Gasteiger charge is 2.42. The molecule has 2 rings (SSSR count). The summed E-state index contributed by atoms with van der Waals surface area (Å²) in [7, 11) is 0. The molecule has 1 aromatic rings. The van der Waals surface area contributed by atoms with E-state index in [9.17, 15) is 0 Å². The molecule has 0 aliphatic heterocycles. The quantitative estimate of drug-likeness (QED) is 0.827. The summed E-state index contributed by atoms with van der Waals surface area (Å²) < 4.78 is 0. The van der Waals surface area contributed by atoms with Crippen molar-refractivity contribution in [3.63, 3.8) is 0 Å². The average Bonchev–Trinajstić information content (AvgIpc) is 2.81. The summed E-state index contributed by atoms with van der Waals surface area (Å²) in [5.74, 6) is 0. The van der Waals surface area contributed by atoms with Crippen molar-refractivity contribution in [2.45, 2.75) is 32.2 Å². The summed E-state index contributed by atoms with van der Waals surface area (Å²) in [6.07, 6.45) is 3.13. The summed E-state index contributed by atoms with van der Waals surface area (Å²) in [5.41, 5.74) is 0.306. The van der Waals surface area contributed by atoms with Crippen LogP contribution in [0.2, 0.25) is 0 Å². The molecule has 1 aliphatic carbocycles. The van der Waals surface area contributed by atoms with Crippen LogP contribution < -0.4 is 5.32 Å². The molecule has 80 valence electrons. The zero-order valence-electron chi connectivity index (χ0n) is 8.99. The molecule has 1 fully saturated rings. The Hall–Kier alpha value is -0.850. The molecular weight excluding hydrogens is 204 g/mol. The molecule has 1 heterocycles. The van der Waals surface area contributed by atoms with Crippen LogP contribution in [0, 0.1) is 16.7 Å². The molecule has 1 aliphatic rings. The van der Waals surface area contributed by atoms with Crippen LogP contribution in [0.3, 0.4) is 0 Å². The first-order valence-electron chi connectivity index (χ1n) is 5.39. The van der Waals surface area contributed by atoms with Crippen molar-refractivity contribution in [1.82, 2.24) is 5.32 Å². The average molecular weight is 220 g/mol. The molecule has 0 spiro atoms. The lowest BCUT2D eigenvalue weighted by Gasteiger charge is -2.16. The van der Waals surface area contributed by atoms with Gasteiger partial charge in [0.15, 0.2) is 0 Å². The van der Waals surface area contributed by atoms with E-state index in [4.69, 9.17) is 5.26 Å². The largest absolute Gasteiger partial charge is 0.309 e. The normalized spacial score (nSPS) is 19.5. The second kappa shape index (κ2) is 4.34. The third-order valence-corrected chi connectivity index (χ3v) is 4.22. The molecule has 0 aromatic carbocycles. The number of thiophene rings is 1. The predicted molar refractivity (Wildman–Crippen MR) is 62.6 cm³/mol. The van der Waals surface area contributed by atoms with Crippen molar-refractivity contribution in [3.8, 4) is 6.07 Å². The molecule has 1 aromatic heterocycles. The van der Waals surface area contributed by atoms with Crippen LogP contribution in [0.15, 0.2) is 17.5 Å². The molecular formula is C12H16N2S. The number of hydrogen-bond acceptors (Lipinski definition) is 3. The van der Waals surface area contributed by atoms with E-state index < -0.39 is 0 Å². The van der Waals surface area contributed by atoms with Crippen LogP contribution in [0.4, 0.5) is 0 Å². The molecule has 0 saturated heterocycles. The van der Waals surface area contributed by atoms with Gasteiger partial charge in [0.05, 0.1) is 6.07 Å². The van der Waals surface area contributed by atoms with Gasteiger partial charge in [-0.3, -0.25) is 0 Å². The maximum atomic E-state index is 8.72. The first-order valence-corrected chi connectivity index (χ1v) is 6.27. The fourth-order valence-electron chi connectivity index (χ4n) is 1.77. The highest BCUT2D eigenvalue weighted by Crippen LogP contribution is 2.48. The van der Waals surface area contributed by atoms with Crippen LogP contribution >= 0.6 is 11.3 Å². The second-order valence-corrected chi connectivity index (χ2v) is 5.43. The van der Waals surface area contributed by atoms with Crippen molar-refractivity contribution in [2.24, 2.45) is 5.41 Å². The predicted octanol–water partition coefficient (Wildman–Crippen LogP) is 3.09. The van der Waals surface area contributed by atoms with Crippen LogP contribution in [-0.2, 0) is 0 Å². The van der Waals surface area contributed by atoms with Gasteiger partial charge in [-0.2, -0.15) is 5.26 Å². The van der Waals surface area contributed by atoms with E-state index in [1.54, 1.807) is 11.3 Å². The fourth-order valence-corrected chi connectivity index (χ4v) is 2.53. The van der Waals surface area contributed by atoms with Crippen molar-refractivity contribution in [1.29, 1.82) is 5.26 Å². The van der Waals surface area contributed by atoms with Crippen molar-refractivity contribution >= 4 is 11.3 Å². The molecule has 1 atom stereocenters. The highest BCUT2D eigenvalue weighted by molar-refractivity contribution is 7.10. The Balaban J connectivity index is 1.81. The lowest BCUT2D eigenvalue weighted by atomic mass is 10.0. The third-order valence-electron chi connectivity index (χ3n) is 3.16. The summed E-state index contributed by atoms with van der Waals surface area (Å²) in [5, 5.41) is 14.4. The number of nitrogens with zero attached hydrogens (tertiary/aromatic N) is 1. The van der Waals surface area contributed by atoms with E-state index in [0.717, 1.165) is 6.54 Å². The summed E-state index contributed by atoms with van der Waals surface area (Å²) in [4.78, 5) is 1.38. The number of nitrogens with one attached hydrogen (secondary N) is 1. The smallest absolute Gasteiger partial charge is 0.0628 e. The van der Waals surface area contributed by atoms with Crippen LogP contribution in [0.5, 0.6) is 0 Å². The Kier molecular flexibility index (Phi) is 3.08. The van der Waals surface area contributed by atoms with Gasteiger partial charge in [0, 0.05) is 23.9 Å². The van der Waals surface area contributed by atoms with Crippen LogP contribution in [-0.4, -0.2) is 6.54 Å². The van der Waals surface area contributed by atoms with E-state index in [0.29, 0.717) is 17.9 Å². The number of hydrogen-bond donors (Lipinski definition) is 1. The zero-order chi connectivity index (χ0) is 10.7. The lowest BCUT2D eigenvalue weighted by molar-refractivity contribution is 0.435. The van der Waals surface area contributed by atoms with Gasteiger partial charge in [0.25, 0.3) is 0 Å². The minimum absolute atomic E-state index is 0.306. The summed E-state index contributed by atoms with van der Waals surface area (Å²) in [6, 6.07) is 6.95. The van der Waals surface area contributed by atoms with Gasteiger partial charge < -0.3 is 5.32 Å². The van der Waals surface area contributed by atoms with Gasteiger partial charge in [0.1, 0.15) is 0 Å². The zero-order valence-corrected chi connectivity index (χ0v) is 9.81. The Morgan fingerprint density at radius 2 is 2.47 bits per heavy atom.